The Labute approximate surface area is 75.0 Å². The van der Waals surface area contributed by atoms with E-state index < -0.39 is 0 Å². The van der Waals surface area contributed by atoms with Crippen LogP contribution < -0.4 is 11.5 Å². The maximum absolute atomic E-state index is 5.72. The summed E-state index contributed by atoms with van der Waals surface area (Å²) < 4.78 is 0. The van der Waals surface area contributed by atoms with Crippen LogP contribution in [0.5, 0.6) is 0 Å². The van der Waals surface area contributed by atoms with Gasteiger partial charge < -0.3 is 11.5 Å². The highest BCUT2D eigenvalue weighted by Gasteiger charge is 2.02. The van der Waals surface area contributed by atoms with E-state index in [9.17, 15) is 0 Å². The van der Waals surface area contributed by atoms with Crippen LogP contribution in [0, 0.1) is 0 Å². The molecule has 2 rings (SSSR count). The number of aromatic nitrogens is 3. The van der Waals surface area contributed by atoms with Crippen LogP contribution in [-0.4, -0.2) is 15.0 Å². The highest BCUT2D eigenvalue weighted by Crippen LogP contribution is 2.17. The van der Waals surface area contributed by atoms with E-state index in [0.717, 1.165) is 0 Å². The zero-order chi connectivity index (χ0) is 9.26. The lowest BCUT2D eigenvalue weighted by Crippen LogP contribution is -2.03. The van der Waals surface area contributed by atoms with E-state index >= 15 is 0 Å². The first kappa shape index (κ1) is 7.60. The largest absolute Gasteiger partial charge is 0.399 e. The molecule has 0 saturated heterocycles. The van der Waals surface area contributed by atoms with Gasteiger partial charge in [-0.15, -0.1) is 4.80 Å². The van der Waals surface area contributed by atoms with Gasteiger partial charge in [-0.25, -0.2) is 0 Å². The van der Waals surface area contributed by atoms with Crippen molar-refractivity contribution >= 4 is 11.4 Å². The molecule has 0 amide bonds. The van der Waals surface area contributed by atoms with Crippen molar-refractivity contribution in [3.05, 3.63) is 30.6 Å². The molecule has 13 heavy (non-hydrogen) atoms. The summed E-state index contributed by atoms with van der Waals surface area (Å²) in [5.41, 5.74) is 13.3. The molecule has 1 heterocycles. The Hall–Kier alpha value is -2.04. The van der Waals surface area contributed by atoms with E-state index in [0.29, 0.717) is 17.1 Å². The number of rotatable bonds is 1. The van der Waals surface area contributed by atoms with E-state index in [-0.39, 0.29) is 0 Å². The second-order valence-corrected chi connectivity index (χ2v) is 2.64. The van der Waals surface area contributed by atoms with Gasteiger partial charge in [0.05, 0.1) is 18.1 Å². The second kappa shape index (κ2) is 2.78. The monoisotopic (exact) mass is 175 g/mol. The van der Waals surface area contributed by atoms with Crippen molar-refractivity contribution in [1.82, 2.24) is 15.0 Å². The zero-order valence-corrected chi connectivity index (χ0v) is 6.88. The lowest BCUT2D eigenvalue weighted by molar-refractivity contribution is 0.754. The summed E-state index contributed by atoms with van der Waals surface area (Å²) in [6, 6.07) is 5.20. The van der Waals surface area contributed by atoms with Gasteiger partial charge in [-0.1, -0.05) is 0 Å². The maximum atomic E-state index is 5.72. The van der Waals surface area contributed by atoms with Crippen molar-refractivity contribution < 1.29 is 0 Å². The van der Waals surface area contributed by atoms with Crippen LogP contribution in [0.1, 0.15) is 0 Å². The molecule has 0 aliphatic rings. The van der Waals surface area contributed by atoms with Crippen molar-refractivity contribution in [2.24, 2.45) is 0 Å². The van der Waals surface area contributed by atoms with Gasteiger partial charge in [-0.3, -0.25) is 0 Å². The Morgan fingerprint density at radius 1 is 1.08 bits per heavy atom. The van der Waals surface area contributed by atoms with E-state index in [1.54, 1.807) is 30.6 Å². The molecule has 0 saturated carbocycles. The third-order valence-electron chi connectivity index (χ3n) is 1.69. The van der Waals surface area contributed by atoms with Crippen LogP contribution in [0.3, 0.4) is 0 Å². The molecule has 0 atom stereocenters. The molecule has 5 heteroatoms. The molecular formula is C8H9N5. The molecule has 66 valence electrons. The Balaban J connectivity index is 2.57. The van der Waals surface area contributed by atoms with Crippen molar-refractivity contribution in [2.75, 3.05) is 11.5 Å². The van der Waals surface area contributed by atoms with E-state index in [1.807, 2.05) is 0 Å². The lowest BCUT2D eigenvalue weighted by atomic mass is 10.2. The van der Waals surface area contributed by atoms with Gasteiger partial charge in [0, 0.05) is 5.69 Å². The summed E-state index contributed by atoms with van der Waals surface area (Å²) in [5.74, 6) is 0. The van der Waals surface area contributed by atoms with Crippen LogP contribution >= 0.6 is 0 Å². The average Bonchev–Trinajstić information content (AvgIpc) is 2.61. The minimum absolute atomic E-state index is 0.602. The fourth-order valence-corrected chi connectivity index (χ4v) is 1.07. The van der Waals surface area contributed by atoms with Crippen molar-refractivity contribution in [3.8, 4) is 5.69 Å². The minimum atomic E-state index is 0.602. The molecule has 4 N–H and O–H groups in total. The van der Waals surface area contributed by atoms with Crippen LogP contribution in [0.25, 0.3) is 5.69 Å². The summed E-state index contributed by atoms with van der Waals surface area (Å²) in [5, 5.41) is 7.92. The third kappa shape index (κ3) is 1.31. The number of anilines is 2. The molecule has 1 aromatic carbocycles. The maximum Gasteiger partial charge on any atom is 0.111 e. The first-order valence-electron chi connectivity index (χ1n) is 3.79. The van der Waals surface area contributed by atoms with Crippen LogP contribution in [0.2, 0.25) is 0 Å². The van der Waals surface area contributed by atoms with Gasteiger partial charge in [0.25, 0.3) is 0 Å². The molecule has 0 aliphatic carbocycles. The van der Waals surface area contributed by atoms with Gasteiger partial charge in [-0.2, -0.15) is 10.2 Å². The van der Waals surface area contributed by atoms with Gasteiger partial charge in [0.2, 0.25) is 0 Å². The molecule has 0 bridgehead atoms. The highest BCUT2D eigenvalue weighted by atomic mass is 15.5. The normalized spacial score (nSPS) is 10.2. The predicted molar refractivity (Wildman–Crippen MR) is 50.2 cm³/mol. The van der Waals surface area contributed by atoms with Crippen LogP contribution in [0.15, 0.2) is 30.6 Å². The molecule has 0 aliphatic heterocycles. The lowest BCUT2D eigenvalue weighted by Gasteiger charge is -2.04. The van der Waals surface area contributed by atoms with Crippen molar-refractivity contribution in [1.29, 1.82) is 0 Å². The van der Waals surface area contributed by atoms with Crippen molar-refractivity contribution in [3.63, 3.8) is 0 Å². The first-order chi connectivity index (χ1) is 6.27. The fraction of sp³-hybridized carbons (Fsp3) is 0. The molecule has 2 aromatic rings. The SMILES string of the molecule is Nc1ccc(N)c(-n2nccn2)c1. The number of hydrogen-bond acceptors (Lipinski definition) is 4. The van der Waals surface area contributed by atoms with E-state index in [4.69, 9.17) is 11.5 Å². The third-order valence-corrected chi connectivity index (χ3v) is 1.69. The molecule has 1 aromatic heterocycles. The van der Waals surface area contributed by atoms with Gasteiger partial charge in [0.15, 0.2) is 0 Å². The Morgan fingerprint density at radius 3 is 2.46 bits per heavy atom. The average molecular weight is 175 g/mol. The van der Waals surface area contributed by atoms with E-state index in [2.05, 4.69) is 10.2 Å². The summed E-state index contributed by atoms with van der Waals surface area (Å²) in [6.07, 6.45) is 3.17. The second-order valence-electron chi connectivity index (χ2n) is 2.64. The molecule has 0 unspecified atom stereocenters. The molecule has 0 radical (unpaired) electrons. The quantitative estimate of drug-likeness (QED) is 0.616. The Kier molecular flexibility index (Phi) is 1.63. The number of nitrogens with two attached hydrogens (primary N) is 2. The predicted octanol–water partition coefficient (Wildman–Crippen LogP) is 0.432. The van der Waals surface area contributed by atoms with Crippen LogP contribution in [-0.2, 0) is 0 Å². The first-order valence-corrected chi connectivity index (χ1v) is 3.79. The molecular weight excluding hydrogens is 166 g/mol. The number of nitrogen functional groups attached to an aromatic ring is 2. The summed E-state index contributed by atoms with van der Waals surface area (Å²) in [7, 11) is 0. The summed E-state index contributed by atoms with van der Waals surface area (Å²) in [4.78, 5) is 1.44. The highest BCUT2D eigenvalue weighted by molar-refractivity contribution is 5.62. The number of nitrogens with zero attached hydrogens (tertiary/aromatic N) is 3. The minimum Gasteiger partial charge on any atom is -0.399 e. The topological polar surface area (TPSA) is 82.8 Å². The molecule has 5 nitrogen and oxygen atoms in total. The molecule has 0 fully saturated rings. The standard InChI is InChI=1S/C8H9N5/c9-6-1-2-7(10)8(5-6)13-11-3-4-12-13/h1-5H,9-10H2. The van der Waals surface area contributed by atoms with Crippen molar-refractivity contribution in [2.45, 2.75) is 0 Å². The fourth-order valence-electron chi connectivity index (χ4n) is 1.07. The van der Waals surface area contributed by atoms with E-state index in [1.165, 1.54) is 4.80 Å². The van der Waals surface area contributed by atoms with Gasteiger partial charge in [-0.05, 0) is 18.2 Å². The van der Waals surface area contributed by atoms with Gasteiger partial charge >= 0.3 is 0 Å². The number of hydrogen-bond donors (Lipinski definition) is 2. The van der Waals surface area contributed by atoms with Gasteiger partial charge in [0.1, 0.15) is 5.69 Å². The zero-order valence-electron chi connectivity index (χ0n) is 6.88. The summed E-state index contributed by atoms with van der Waals surface area (Å²) >= 11 is 0. The summed E-state index contributed by atoms with van der Waals surface area (Å²) in [6.45, 7) is 0. The Morgan fingerprint density at radius 2 is 1.77 bits per heavy atom. The smallest absolute Gasteiger partial charge is 0.111 e. The van der Waals surface area contributed by atoms with Crippen LogP contribution in [0.4, 0.5) is 11.4 Å². The molecule has 0 spiro atoms. The Bertz CT molecular complexity index is 406. The number of benzene rings is 1.